The zero-order chi connectivity index (χ0) is 22.8. The number of fused-ring (bicyclic) bond motifs is 6. The molecule has 2 aromatic rings. The highest BCUT2D eigenvalue weighted by atomic mass is 16.6. The SMILES string of the molecule is COc1cc2c(cc1OC)[C@]1(O)C(=O)c3ccc4c(c3O[C@@H]1CO2)C[C@@H]([C@@](C)(O)CO)O4. The van der Waals surface area contributed by atoms with Gasteiger partial charge in [-0.25, -0.2) is 0 Å². The first kappa shape index (κ1) is 20.9. The van der Waals surface area contributed by atoms with Crippen molar-refractivity contribution in [1.29, 1.82) is 0 Å². The molecular weight excluding hydrogens is 420 g/mol. The molecule has 0 amide bonds. The third-order valence-electron chi connectivity index (χ3n) is 6.49. The van der Waals surface area contributed by atoms with Gasteiger partial charge in [0.1, 0.15) is 35.6 Å². The molecule has 0 unspecified atom stereocenters. The fraction of sp³-hybridized carbons (Fsp3) is 0.435. The second kappa shape index (κ2) is 6.99. The predicted molar refractivity (Wildman–Crippen MR) is 110 cm³/mol. The molecule has 3 heterocycles. The van der Waals surface area contributed by atoms with Crippen molar-refractivity contribution in [3.63, 3.8) is 0 Å². The minimum absolute atomic E-state index is 0.0630. The molecule has 4 atom stereocenters. The summed E-state index contributed by atoms with van der Waals surface area (Å²) >= 11 is 0. The standard InChI is InChI=1S/C23H24O9/c1-22(26,10-24)18-6-12-14(31-18)5-4-11-20(12)32-19-9-30-15-8-17(29-3)16(28-2)7-13(15)23(19,27)21(11)25/h4-5,7-8,18-19,24,26-27H,6,9-10H2,1-3H3/t18-,19+,22-,23+/m0/s1. The second-order valence-electron chi connectivity index (χ2n) is 8.46. The third-order valence-corrected chi connectivity index (χ3v) is 6.49. The average Bonchev–Trinajstić information content (AvgIpc) is 3.25. The van der Waals surface area contributed by atoms with E-state index in [0.717, 1.165) is 0 Å². The Balaban J connectivity index is 1.59. The smallest absolute Gasteiger partial charge is 0.206 e. The third kappa shape index (κ3) is 2.71. The molecular formula is C23H24O9. The quantitative estimate of drug-likeness (QED) is 0.633. The average molecular weight is 444 g/mol. The Hall–Kier alpha value is -3.01. The number of aliphatic hydroxyl groups excluding tert-OH is 1. The summed E-state index contributed by atoms with van der Waals surface area (Å²) in [5.74, 6) is 1.30. The maximum Gasteiger partial charge on any atom is 0.206 e. The Morgan fingerprint density at radius 3 is 2.56 bits per heavy atom. The van der Waals surface area contributed by atoms with Crippen molar-refractivity contribution in [3.05, 3.63) is 41.0 Å². The fourth-order valence-corrected chi connectivity index (χ4v) is 4.53. The molecule has 0 aromatic heterocycles. The van der Waals surface area contributed by atoms with Crippen LogP contribution in [0.25, 0.3) is 0 Å². The summed E-state index contributed by atoms with van der Waals surface area (Å²) in [6.07, 6.45) is -1.46. The first-order valence-corrected chi connectivity index (χ1v) is 10.2. The van der Waals surface area contributed by atoms with Crippen LogP contribution < -0.4 is 23.7 Å². The van der Waals surface area contributed by atoms with E-state index in [4.69, 9.17) is 23.7 Å². The topological polar surface area (TPSA) is 124 Å². The van der Waals surface area contributed by atoms with Crippen LogP contribution in [0.2, 0.25) is 0 Å². The van der Waals surface area contributed by atoms with Crippen LogP contribution in [0, 0.1) is 0 Å². The summed E-state index contributed by atoms with van der Waals surface area (Å²) in [5.41, 5.74) is -2.40. The molecule has 0 fully saturated rings. The normalized spacial score (nSPS) is 26.9. The molecule has 0 spiro atoms. The van der Waals surface area contributed by atoms with Gasteiger partial charge in [-0.2, -0.15) is 0 Å². The highest BCUT2D eigenvalue weighted by molar-refractivity contribution is 6.07. The predicted octanol–water partition coefficient (Wildman–Crippen LogP) is 0.974. The largest absolute Gasteiger partial charge is 0.493 e. The number of ketones is 1. The lowest BCUT2D eigenvalue weighted by Gasteiger charge is -2.43. The zero-order valence-electron chi connectivity index (χ0n) is 17.9. The number of carbonyl (C=O) groups is 1. The number of ether oxygens (including phenoxy) is 5. The van der Waals surface area contributed by atoms with Crippen molar-refractivity contribution >= 4 is 5.78 Å². The number of hydrogen-bond donors (Lipinski definition) is 3. The minimum Gasteiger partial charge on any atom is -0.493 e. The van der Waals surface area contributed by atoms with E-state index in [2.05, 4.69) is 0 Å². The number of rotatable bonds is 4. The van der Waals surface area contributed by atoms with Crippen molar-refractivity contribution in [1.82, 2.24) is 0 Å². The van der Waals surface area contributed by atoms with Gasteiger partial charge in [0, 0.05) is 23.6 Å². The highest BCUT2D eigenvalue weighted by Gasteiger charge is 2.57. The Morgan fingerprint density at radius 2 is 1.88 bits per heavy atom. The van der Waals surface area contributed by atoms with E-state index < -0.39 is 35.8 Å². The Labute approximate surface area is 184 Å². The molecule has 3 N–H and O–H groups in total. The highest BCUT2D eigenvalue weighted by Crippen LogP contribution is 2.51. The number of benzene rings is 2. The molecule has 0 saturated heterocycles. The summed E-state index contributed by atoms with van der Waals surface area (Å²) in [7, 11) is 2.95. The molecule has 0 aliphatic carbocycles. The molecule has 0 radical (unpaired) electrons. The maximum absolute atomic E-state index is 13.6. The van der Waals surface area contributed by atoms with Gasteiger partial charge in [0.2, 0.25) is 5.78 Å². The number of Topliss-reactive ketones (excluding diaryl/α,β-unsaturated/α-hetero) is 1. The lowest BCUT2D eigenvalue weighted by Crippen LogP contribution is -2.57. The second-order valence-corrected chi connectivity index (χ2v) is 8.46. The van der Waals surface area contributed by atoms with Crippen molar-refractivity contribution in [3.8, 4) is 28.7 Å². The van der Waals surface area contributed by atoms with Gasteiger partial charge in [-0.15, -0.1) is 0 Å². The van der Waals surface area contributed by atoms with E-state index in [1.54, 1.807) is 12.1 Å². The van der Waals surface area contributed by atoms with Crippen molar-refractivity contribution in [2.45, 2.75) is 36.8 Å². The number of aliphatic hydroxyl groups is 3. The van der Waals surface area contributed by atoms with Crippen LogP contribution in [-0.2, 0) is 12.0 Å². The van der Waals surface area contributed by atoms with Gasteiger partial charge in [0.25, 0.3) is 0 Å². The first-order valence-electron chi connectivity index (χ1n) is 10.2. The zero-order valence-corrected chi connectivity index (χ0v) is 17.9. The number of methoxy groups -OCH3 is 2. The van der Waals surface area contributed by atoms with Crippen LogP contribution in [0.15, 0.2) is 24.3 Å². The molecule has 170 valence electrons. The number of carbonyl (C=O) groups excluding carboxylic acids is 1. The van der Waals surface area contributed by atoms with E-state index in [1.165, 1.54) is 33.3 Å². The van der Waals surface area contributed by atoms with Crippen LogP contribution in [0.1, 0.15) is 28.4 Å². The van der Waals surface area contributed by atoms with Gasteiger partial charge < -0.3 is 39.0 Å². The van der Waals surface area contributed by atoms with E-state index >= 15 is 0 Å². The Morgan fingerprint density at radius 1 is 1.16 bits per heavy atom. The van der Waals surface area contributed by atoms with Gasteiger partial charge in [-0.3, -0.25) is 4.79 Å². The molecule has 32 heavy (non-hydrogen) atoms. The van der Waals surface area contributed by atoms with Gasteiger partial charge in [-0.1, -0.05) is 0 Å². The van der Waals surface area contributed by atoms with Crippen LogP contribution in [-0.4, -0.2) is 66.3 Å². The summed E-state index contributed by atoms with van der Waals surface area (Å²) in [4.78, 5) is 13.6. The monoisotopic (exact) mass is 444 g/mol. The molecule has 3 aliphatic rings. The van der Waals surface area contributed by atoms with Crippen molar-refractivity contribution < 1.29 is 43.8 Å². The van der Waals surface area contributed by atoms with E-state index in [9.17, 15) is 20.1 Å². The van der Waals surface area contributed by atoms with E-state index in [-0.39, 0.29) is 24.2 Å². The summed E-state index contributed by atoms with van der Waals surface area (Å²) in [6.45, 7) is 0.937. The Bertz CT molecular complexity index is 1110. The molecule has 3 aliphatic heterocycles. The fourth-order valence-electron chi connectivity index (χ4n) is 4.53. The van der Waals surface area contributed by atoms with Gasteiger partial charge in [0.15, 0.2) is 23.2 Å². The lowest BCUT2D eigenvalue weighted by molar-refractivity contribution is -0.0805. The molecule has 5 rings (SSSR count). The van der Waals surface area contributed by atoms with Crippen LogP contribution in [0.4, 0.5) is 0 Å². The molecule has 0 saturated carbocycles. The van der Waals surface area contributed by atoms with Crippen molar-refractivity contribution in [2.75, 3.05) is 27.4 Å². The Kier molecular flexibility index (Phi) is 4.56. The molecule has 9 heteroatoms. The summed E-state index contributed by atoms with van der Waals surface area (Å²) in [6, 6.07) is 6.25. The minimum atomic E-state index is -1.98. The van der Waals surface area contributed by atoms with Crippen LogP contribution >= 0.6 is 0 Å². The maximum atomic E-state index is 13.6. The van der Waals surface area contributed by atoms with Crippen LogP contribution in [0.5, 0.6) is 28.7 Å². The summed E-state index contributed by atoms with van der Waals surface area (Å²) < 4.78 is 28.4. The number of hydrogen-bond acceptors (Lipinski definition) is 9. The lowest BCUT2D eigenvalue weighted by atomic mass is 9.77. The molecule has 9 nitrogen and oxygen atoms in total. The van der Waals surface area contributed by atoms with Gasteiger partial charge in [-0.05, 0) is 25.1 Å². The first-order chi connectivity index (χ1) is 15.2. The molecule has 2 aromatic carbocycles. The molecule has 0 bridgehead atoms. The van der Waals surface area contributed by atoms with Gasteiger partial charge >= 0.3 is 0 Å². The van der Waals surface area contributed by atoms with E-state index in [1.807, 2.05) is 0 Å². The summed E-state index contributed by atoms with van der Waals surface area (Å²) in [5, 5.41) is 31.6. The van der Waals surface area contributed by atoms with Gasteiger partial charge in [0.05, 0.1) is 26.4 Å². The van der Waals surface area contributed by atoms with E-state index in [0.29, 0.717) is 34.3 Å². The van der Waals surface area contributed by atoms with Crippen LogP contribution in [0.3, 0.4) is 0 Å². The van der Waals surface area contributed by atoms with Crippen molar-refractivity contribution in [2.24, 2.45) is 0 Å².